The van der Waals surface area contributed by atoms with E-state index in [0.717, 1.165) is 80.2 Å². The number of carbonyl (C=O) groups is 1. The number of nitrogens with zero attached hydrogens (tertiary/aromatic N) is 3. The molecule has 7 nitrogen and oxygen atoms in total. The van der Waals surface area contributed by atoms with E-state index < -0.39 is 0 Å². The Morgan fingerprint density at radius 3 is 2.71 bits per heavy atom. The van der Waals surface area contributed by atoms with Crippen molar-refractivity contribution in [3.63, 3.8) is 0 Å². The first-order valence-electron chi connectivity index (χ1n) is 11.0. The lowest BCUT2D eigenvalue weighted by Gasteiger charge is -2.28. The third kappa shape index (κ3) is 6.18. The third-order valence-corrected chi connectivity index (χ3v) is 6.46. The number of benzene rings is 1. The van der Waals surface area contributed by atoms with Crippen molar-refractivity contribution in [3.05, 3.63) is 47.2 Å². The summed E-state index contributed by atoms with van der Waals surface area (Å²) in [5.41, 5.74) is 2.86. The first-order chi connectivity index (χ1) is 15.2. The maximum atomic E-state index is 12.3. The number of carbonyl (C=O) groups excluding carboxylic acids is 1. The average molecular weight is 443 g/mol. The maximum Gasteiger partial charge on any atom is 0.251 e. The second kappa shape index (κ2) is 10.9. The molecular formula is C23H30N4O3S. The highest BCUT2D eigenvalue weighted by Gasteiger charge is 2.17. The van der Waals surface area contributed by atoms with E-state index in [1.807, 2.05) is 24.3 Å². The van der Waals surface area contributed by atoms with E-state index in [-0.39, 0.29) is 12.0 Å². The highest BCUT2D eigenvalue weighted by atomic mass is 32.2. The van der Waals surface area contributed by atoms with Crippen molar-refractivity contribution in [3.8, 4) is 0 Å². The van der Waals surface area contributed by atoms with Gasteiger partial charge < -0.3 is 19.7 Å². The third-order valence-electron chi connectivity index (χ3n) is 5.54. The predicted octanol–water partition coefficient (Wildman–Crippen LogP) is 3.08. The Morgan fingerprint density at radius 2 is 2.00 bits per heavy atom. The molecule has 31 heavy (non-hydrogen) atoms. The number of nitrogens with one attached hydrogen (secondary N) is 1. The number of hydrogen-bond acceptors (Lipinski definition) is 7. The van der Waals surface area contributed by atoms with Gasteiger partial charge in [-0.3, -0.25) is 4.79 Å². The van der Waals surface area contributed by atoms with E-state index in [1.54, 1.807) is 11.8 Å². The van der Waals surface area contributed by atoms with Gasteiger partial charge in [0.1, 0.15) is 5.82 Å². The molecule has 1 aromatic carbocycles. The van der Waals surface area contributed by atoms with Gasteiger partial charge in [0.25, 0.3) is 5.91 Å². The van der Waals surface area contributed by atoms with E-state index >= 15 is 0 Å². The number of thioether (sulfide) groups is 1. The number of aryl methyl sites for hydroxylation is 1. The highest BCUT2D eigenvalue weighted by molar-refractivity contribution is 7.98. The van der Waals surface area contributed by atoms with Crippen LogP contribution in [0.5, 0.6) is 0 Å². The molecule has 2 saturated heterocycles. The van der Waals surface area contributed by atoms with Crippen LogP contribution in [-0.2, 0) is 21.6 Å². The summed E-state index contributed by atoms with van der Waals surface area (Å²) in [6.07, 6.45) is 3.13. The van der Waals surface area contributed by atoms with Gasteiger partial charge in [0.05, 0.1) is 19.3 Å². The van der Waals surface area contributed by atoms with Crippen LogP contribution in [0.2, 0.25) is 0 Å². The molecule has 0 aliphatic carbocycles. The molecule has 8 heteroatoms. The lowest BCUT2D eigenvalue weighted by Crippen LogP contribution is -2.37. The molecule has 0 spiro atoms. The molecule has 166 valence electrons. The summed E-state index contributed by atoms with van der Waals surface area (Å²) in [7, 11) is 0. The van der Waals surface area contributed by atoms with E-state index in [2.05, 4.69) is 28.2 Å². The second-order valence-corrected chi connectivity index (χ2v) is 8.73. The van der Waals surface area contributed by atoms with Crippen LogP contribution in [0, 0.1) is 0 Å². The molecule has 1 N–H and O–H groups in total. The van der Waals surface area contributed by atoms with E-state index in [4.69, 9.17) is 14.5 Å². The van der Waals surface area contributed by atoms with Crippen LogP contribution < -0.4 is 10.2 Å². The summed E-state index contributed by atoms with van der Waals surface area (Å²) in [5, 5.41) is 3.76. The topological polar surface area (TPSA) is 76.6 Å². The Balaban J connectivity index is 1.33. The van der Waals surface area contributed by atoms with Gasteiger partial charge in [0.2, 0.25) is 0 Å². The zero-order chi connectivity index (χ0) is 21.5. The minimum Gasteiger partial charge on any atom is -0.378 e. The van der Waals surface area contributed by atoms with Gasteiger partial charge in [-0.1, -0.05) is 30.8 Å². The summed E-state index contributed by atoms with van der Waals surface area (Å²) in [4.78, 5) is 24.1. The number of aromatic nitrogens is 2. The van der Waals surface area contributed by atoms with Crippen molar-refractivity contribution >= 4 is 23.5 Å². The van der Waals surface area contributed by atoms with Crippen molar-refractivity contribution < 1.29 is 14.3 Å². The van der Waals surface area contributed by atoms with Crippen LogP contribution in [0.4, 0.5) is 5.82 Å². The van der Waals surface area contributed by atoms with Gasteiger partial charge >= 0.3 is 0 Å². The van der Waals surface area contributed by atoms with E-state index in [0.29, 0.717) is 12.1 Å². The summed E-state index contributed by atoms with van der Waals surface area (Å²) in [5.74, 6) is 1.69. The van der Waals surface area contributed by atoms with Crippen LogP contribution in [0.3, 0.4) is 0 Å². The Kier molecular flexibility index (Phi) is 7.77. The fourth-order valence-electron chi connectivity index (χ4n) is 3.67. The SMILES string of the molecule is CCc1cc(N2CCOCC2)nc(SCc2ccc(C(=O)NCC3CCCO3)cc2)n1. The van der Waals surface area contributed by atoms with Gasteiger partial charge in [-0.15, -0.1) is 0 Å². The van der Waals surface area contributed by atoms with Gasteiger partial charge in [-0.2, -0.15) is 0 Å². The number of ether oxygens (including phenoxy) is 2. The van der Waals surface area contributed by atoms with E-state index in [9.17, 15) is 4.79 Å². The molecule has 1 amide bonds. The number of anilines is 1. The average Bonchev–Trinajstić information content (AvgIpc) is 3.35. The number of morpholine rings is 1. The number of hydrogen-bond donors (Lipinski definition) is 1. The molecule has 2 fully saturated rings. The van der Waals surface area contributed by atoms with E-state index in [1.165, 1.54) is 0 Å². The fourth-order valence-corrected chi connectivity index (χ4v) is 4.50. The molecule has 2 aliphatic rings. The normalized spacial score (nSPS) is 18.9. The first-order valence-corrected chi connectivity index (χ1v) is 12.0. The Bertz CT molecular complexity index is 866. The smallest absolute Gasteiger partial charge is 0.251 e. The first kappa shape index (κ1) is 22.0. The Labute approximate surface area is 187 Å². The van der Waals surface area contributed by atoms with Gasteiger partial charge in [-0.05, 0) is 37.0 Å². The Hall–Kier alpha value is -2.16. The minimum atomic E-state index is -0.0520. The monoisotopic (exact) mass is 442 g/mol. The fraction of sp³-hybridized carbons (Fsp3) is 0.522. The number of amides is 1. The summed E-state index contributed by atoms with van der Waals surface area (Å²) < 4.78 is 11.0. The molecule has 0 radical (unpaired) electrons. The standard InChI is InChI=1S/C23H30N4O3S/c1-2-19-14-21(27-9-12-29-13-10-27)26-23(25-19)31-16-17-5-7-18(8-6-17)22(28)24-15-20-4-3-11-30-20/h5-8,14,20H,2-4,9-13,15-16H2,1H3,(H,24,28). The zero-order valence-corrected chi connectivity index (χ0v) is 18.8. The molecule has 1 unspecified atom stereocenters. The molecule has 1 atom stereocenters. The molecule has 0 saturated carbocycles. The zero-order valence-electron chi connectivity index (χ0n) is 18.0. The minimum absolute atomic E-state index is 0.0520. The molecule has 1 aromatic heterocycles. The lowest BCUT2D eigenvalue weighted by molar-refractivity contribution is 0.0858. The van der Waals surface area contributed by atoms with Crippen molar-refractivity contribution in [1.29, 1.82) is 0 Å². The van der Waals surface area contributed by atoms with Gasteiger partial charge in [-0.25, -0.2) is 9.97 Å². The summed E-state index contributed by atoms with van der Waals surface area (Å²) >= 11 is 1.63. The predicted molar refractivity (Wildman–Crippen MR) is 122 cm³/mol. The van der Waals surface area contributed by atoms with Gasteiger partial charge in [0, 0.05) is 49.3 Å². The van der Waals surface area contributed by atoms with Crippen molar-refractivity contribution in [2.24, 2.45) is 0 Å². The molecule has 4 rings (SSSR count). The maximum absolute atomic E-state index is 12.3. The van der Waals surface area contributed by atoms with Crippen LogP contribution in [-0.4, -0.2) is 61.4 Å². The van der Waals surface area contributed by atoms with Crippen molar-refractivity contribution in [2.75, 3.05) is 44.4 Å². The Morgan fingerprint density at radius 1 is 1.19 bits per heavy atom. The van der Waals surface area contributed by atoms with Crippen LogP contribution >= 0.6 is 11.8 Å². The van der Waals surface area contributed by atoms with Crippen LogP contribution in [0.25, 0.3) is 0 Å². The highest BCUT2D eigenvalue weighted by Crippen LogP contribution is 2.24. The lowest BCUT2D eigenvalue weighted by atomic mass is 10.1. The molecule has 2 aromatic rings. The van der Waals surface area contributed by atoms with Crippen molar-refractivity contribution in [1.82, 2.24) is 15.3 Å². The van der Waals surface area contributed by atoms with Crippen molar-refractivity contribution in [2.45, 2.75) is 43.2 Å². The molecule has 3 heterocycles. The molecule has 0 bridgehead atoms. The summed E-state index contributed by atoms with van der Waals surface area (Å²) in [6.45, 7) is 6.69. The molecular weight excluding hydrogens is 412 g/mol. The van der Waals surface area contributed by atoms with Crippen LogP contribution in [0.15, 0.2) is 35.5 Å². The summed E-state index contributed by atoms with van der Waals surface area (Å²) in [6, 6.07) is 9.84. The second-order valence-electron chi connectivity index (χ2n) is 7.78. The van der Waals surface area contributed by atoms with Gasteiger partial charge in [0.15, 0.2) is 5.16 Å². The van der Waals surface area contributed by atoms with Crippen LogP contribution in [0.1, 0.15) is 41.4 Å². The largest absolute Gasteiger partial charge is 0.378 e. The number of rotatable bonds is 8. The molecule has 2 aliphatic heterocycles. The quantitative estimate of drug-likeness (QED) is 0.497.